The highest BCUT2D eigenvalue weighted by Crippen LogP contribution is 2.38. The lowest BCUT2D eigenvalue weighted by Crippen LogP contribution is -2.48. The van der Waals surface area contributed by atoms with Gasteiger partial charge in [-0.1, -0.05) is 35.0 Å². The van der Waals surface area contributed by atoms with Crippen molar-refractivity contribution in [2.75, 3.05) is 19.8 Å². The van der Waals surface area contributed by atoms with Crippen molar-refractivity contribution in [3.05, 3.63) is 34.3 Å². The van der Waals surface area contributed by atoms with Crippen LogP contribution in [0.25, 0.3) is 0 Å². The molecule has 1 aromatic carbocycles. The van der Waals surface area contributed by atoms with Crippen molar-refractivity contribution in [1.82, 2.24) is 0 Å². The van der Waals surface area contributed by atoms with Gasteiger partial charge in [0, 0.05) is 9.89 Å². The smallest absolute Gasteiger partial charge is 0.0585 e. The molecule has 3 heteroatoms. The van der Waals surface area contributed by atoms with Crippen molar-refractivity contribution in [2.24, 2.45) is 11.7 Å². The second-order valence-electron chi connectivity index (χ2n) is 4.83. The molecule has 1 saturated heterocycles. The zero-order valence-corrected chi connectivity index (χ0v) is 11.2. The van der Waals surface area contributed by atoms with Crippen LogP contribution in [0.3, 0.4) is 0 Å². The quantitative estimate of drug-likeness (QED) is 0.922. The van der Waals surface area contributed by atoms with E-state index in [9.17, 15) is 0 Å². The number of halogens is 1. The standard InChI is InChI=1S/C13H18BrNO/c1-10(7-15)6-13(8-16-9-13)11-2-4-12(14)5-3-11/h2-5,10H,6-9,15H2,1H3. The Morgan fingerprint density at radius 1 is 1.38 bits per heavy atom. The van der Waals surface area contributed by atoms with Crippen LogP contribution in [0.2, 0.25) is 0 Å². The first-order valence-electron chi connectivity index (χ1n) is 5.70. The number of hydrogen-bond acceptors (Lipinski definition) is 2. The van der Waals surface area contributed by atoms with Gasteiger partial charge in [0.05, 0.1) is 13.2 Å². The Morgan fingerprint density at radius 3 is 2.44 bits per heavy atom. The van der Waals surface area contributed by atoms with E-state index < -0.39 is 0 Å². The van der Waals surface area contributed by atoms with Gasteiger partial charge in [0.25, 0.3) is 0 Å². The minimum absolute atomic E-state index is 0.208. The molecule has 1 fully saturated rings. The molecule has 1 heterocycles. The van der Waals surface area contributed by atoms with Crippen molar-refractivity contribution >= 4 is 15.9 Å². The van der Waals surface area contributed by atoms with Gasteiger partial charge in [0.15, 0.2) is 0 Å². The molecule has 1 aromatic rings. The number of hydrogen-bond donors (Lipinski definition) is 1. The van der Waals surface area contributed by atoms with E-state index in [0.717, 1.165) is 30.7 Å². The maximum Gasteiger partial charge on any atom is 0.0585 e. The fraction of sp³-hybridized carbons (Fsp3) is 0.538. The highest BCUT2D eigenvalue weighted by molar-refractivity contribution is 9.10. The number of benzene rings is 1. The third-order valence-electron chi connectivity index (χ3n) is 3.35. The summed E-state index contributed by atoms with van der Waals surface area (Å²) in [6.45, 7) is 4.62. The zero-order chi connectivity index (χ0) is 11.6. The second-order valence-corrected chi connectivity index (χ2v) is 5.74. The fourth-order valence-electron chi connectivity index (χ4n) is 2.30. The Balaban J connectivity index is 2.17. The summed E-state index contributed by atoms with van der Waals surface area (Å²) in [5.41, 5.74) is 7.30. The highest BCUT2D eigenvalue weighted by Gasteiger charge is 2.40. The molecule has 0 radical (unpaired) electrons. The highest BCUT2D eigenvalue weighted by atomic mass is 79.9. The number of rotatable bonds is 4. The van der Waals surface area contributed by atoms with E-state index in [-0.39, 0.29) is 5.41 Å². The van der Waals surface area contributed by atoms with E-state index in [1.165, 1.54) is 5.56 Å². The summed E-state index contributed by atoms with van der Waals surface area (Å²) in [6, 6.07) is 8.58. The van der Waals surface area contributed by atoms with Gasteiger partial charge in [0.1, 0.15) is 0 Å². The van der Waals surface area contributed by atoms with Crippen molar-refractivity contribution in [2.45, 2.75) is 18.8 Å². The first kappa shape index (κ1) is 12.1. The van der Waals surface area contributed by atoms with Gasteiger partial charge in [-0.25, -0.2) is 0 Å². The molecule has 0 amide bonds. The molecular weight excluding hydrogens is 266 g/mol. The molecule has 1 aliphatic heterocycles. The van der Waals surface area contributed by atoms with Crippen molar-refractivity contribution in [1.29, 1.82) is 0 Å². The largest absolute Gasteiger partial charge is 0.379 e. The first-order chi connectivity index (χ1) is 7.66. The molecule has 2 rings (SSSR count). The molecule has 0 bridgehead atoms. The predicted molar refractivity (Wildman–Crippen MR) is 69.5 cm³/mol. The predicted octanol–water partition coefficient (Wildman–Crippen LogP) is 2.70. The summed E-state index contributed by atoms with van der Waals surface area (Å²) in [7, 11) is 0. The molecule has 88 valence electrons. The lowest BCUT2D eigenvalue weighted by molar-refractivity contribution is -0.0702. The van der Waals surface area contributed by atoms with Crippen LogP contribution in [-0.2, 0) is 10.2 Å². The molecule has 2 nitrogen and oxygen atoms in total. The van der Waals surface area contributed by atoms with Gasteiger partial charge in [-0.15, -0.1) is 0 Å². The summed E-state index contributed by atoms with van der Waals surface area (Å²) in [5, 5.41) is 0. The Labute approximate surface area is 105 Å². The molecular formula is C13H18BrNO. The van der Waals surface area contributed by atoms with Crippen LogP contribution < -0.4 is 5.73 Å². The van der Waals surface area contributed by atoms with Crippen LogP contribution in [0, 0.1) is 5.92 Å². The molecule has 1 aliphatic rings. The van der Waals surface area contributed by atoms with E-state index in [1.807, 2.05) is 0 Å². The zero-order valence-electron chi connectivity index (χ0n) is 9.58. The van der Waals surface area contributed by atoms with E-state index in [4.69, 9.17) is 10.5 Å². The Morgan fingerprint density at radius 2 is 2.00 bits per heavy atom. The lowest BCUT2D eigenvalue weighted by Gasteiger charge is -2.43. The summed E-state index contributed by atoms with van der Waals surface area (Å²) < 4.78 is 6.54. The third-order valence-corrected chi connectivity index (χ3v) is 3.88. The van der Waals surface area contributed by atoms with Crippen LogP contribution in [0.15, 0.2) is 28.7 Å². The van der Waals surface area contributed by atoms with Crippen molar-refractivity contribution in [3.8, 4) is 0 Å². The minimum atomic E-state index is 0.208. The monoisotopic (exact) mass is 283 g/mol. The van der Waals surface area contributed by atoms with E-state index >= 15 is 0 Å². The molecule has 0 aromatic heterocycles. The average molecular weight is 284 g/mol. The first-order valence-corrected chi connectivity index (χ1v) is 6.49. The molecule has 0 saturated carbocycles. The summed E-state index contributed by atoms with van der Waals surface area (Å²) in [6.07, 6.45) is 1.12. The lowest BCUT2D eigenvalue weighted by atomic mass is 9.72. The molecule has 16 heavy (non-hydrogen) atoms. The van der Waals surface area contributed by atoms with Crippen LogP contribution in [0.4, 0.5) is 0 Å². The summed E-state index contributed by atoms with van der Waals surface area (Å²) in [5.74, 6) is 0.549. The van der Waals surface area contributed by atoms with E-state index in [0.29, 0.717) is 5.92 Å². The second kappa shape index (κ2) is 4.86. The van der Waals surface area contributed by atoms with Crippen LogP contribution in [-0.4, -0.2) is 19.8 Å². The van der Waals surface area contributed by atoms with Gasteiger partial charge in [-0.2, -0.15) is 0 Å². The van der Waals surface area contributed by atoms with Gasteiger partial charge < -0.3 is 10.5 Å². The molecule has 0 spiro atoms. The average Bonchev–Trinajstić information content (AvgIpc) is 2.24. The van der Waals surface area contributed by atoms with Gasteiger partial charge in [-0.05, 0) is 36.6 Å². The normalized spacial score (nSPS) is 20.2. The minimum Gasteiger partial charge on any atom is -0.379 e. The molecule has 1 unspecified atom stereocenters. The summed E-state index contributed by atoms with van der Waals surface area (Å²) >= 11 is 3.47. The Bertz CT molecular complexity index is 345. The maximum absolute atomic E-state index is 5.71. The topological polar surface area (TPSA) is 35.2 Å². The Hall–Kier alpha value is -0.380. The number of nitrogens with two attached hydrogens (primary N) is 1. The third kappa shape index (κ3) is 2.31. The van der Waals surface area contributed by atoms with Gasteiger partial charge in [0.2, 0.25) is 0 Å². The SMILES string of the molecule is CC(CN)CC1(c2ccc(Br)cc2)COC1. The van der Waals surface area contributed by atoms with Crippen LogP contribution in [0.1, 0.15) is 18.9 Å². The fourth-order valence-corrected chi connectivity index (χ4v) is 2.57. The van der Waals surface area contributed by atoms with Gasteiger partial charge in [-0.3, -0.25) is 0 Å². The van der Waals surface area contributed by atoms with Crippen molar-refractivity contribution < 1.29 is 4.74 Å². The molecule has 2 N–H and O–H groups in total. The number of ether oxygens (including phenoxy) is 1. The Kier molecular flexibility index (Phi) is 3.67. The maximum atomic E-state index is 5.71. The summed E-state index contributed by atoms with van der Waals surface area (Å²) in [4.78, 5) is 0. The van der Waals surface area contributed by atoms with Gasteiger partial charge >= 0.3 is 0 Å². The van der Waals surface area contributed by atoms with E-state index in [1.54, 1.807) is 0 Å². The van der Waals surface area contributed by atoms with Crippen LogP contribution in [0.5, 0.6) is 0 Å². The van der Waals surface area contributed by atoms with Crippen LogP contribution >= 0.6 is 15.9 Å². The van der Waals surface area contributed by atoms with Crippen molar-refractivity contribution in [3.63, 3.8) is 0 Å². The van der Waals surface area contributed by atoms with E-state index in [2.05, 4.69) is 47.1 Å². The molecule has 1 atom stereocenters. The molecule has 0 aliphatic carbocycles.